The average molecular weight is 476 g/mol. The van der Waals surface area contributed by atoms with E-state index in [2.05, 4.69) is 32.3 Å². The third-order valence-electron chi connectivity index (χ3n) is 9.21. The molecule has 2 saturated carbocycles. The summed E-state index contributed by atoms with van der Waals surface area (Å²) < 4.78 is 2.21. The van der Waals surface area contributed by atoms with E-state index >= 15 is 0 Å². The number of aromatic nitrogens is 2. The largest absolute Gasteiger partial charge is 0.391 e. The van der Waals surface area contributed by atoms with Crippen LogP contribution in [0, 0.1) is 28.6 Å². The Morgan fingerprint density at radius 1 is 1.06 bits per heavy atom. The molecule has 2 aliphatic carbocycles. The van der Waals surface area contributed by atoms with Gasteiger partial charge in [0.25, 0.3) is 0 Å². The Morgan fingerprint density at radius 2 is 1.74 bits per heavy atom. The summed E-state index contributed by atoms with van der Waals surface area (Å²) in [6, 6.07) is 9.98. The zero-order valence-electron chi connectivity index (χ0n) is 21.3. The van der Waals surface area contributed by atoms with Crippen molar-refractivity contribution in [3.05, 3.63) is 53.6 Å². The molecule has 1 aromatic carbocycles. The number of nitriles is 1. The quantitative estimate of drug-likeness (QED) is 0.617. The molecular weight excluding hydrogens is 434 g/mol. The first kappa shape index (κ1) is 24.5. The maximum absolute atomic E-state index is 11.4. The summed E-state index contributed by atoms with van der Waals surface area (Å²) in [6.45, 7) is 8.91. The molecule has 3 atom stereocenters. The van der Waals surface area contributed by atoms with Gasteiger partial charge in [-0.3, -0.25) is 9.80 Å². The highest BCUT2D eigenvalue weighted by Crippen LogP contribution is 2.52. The normalized spacial score (nSPS) is 28.5. The first-order valence-corrected chi connectivity index (χ1v) is 13.7. The average Bonchev–Trinajstić information content (AvgIpc) is 3.31. The van der Waals surface area contributed by atoms with Crippen LogP contribution in [-0.2, 0) is 13.1 Å². The van der Waals surface area contributed by atoms with E-state index in [-0.39, 0.29) is 11.5 Å². The highest BCUT2D eigenvalue weighted by molar-refractivity contribution is 5.31. The van der Waals surface area contributed by atoms with Crippen LogP contribution < -0.4 is 0 Å². The van der Waals surface area contributed by atoms with Gasteiger partial charge in [0.1, 0.15) is 0 Å². The van der Waals surface area contributed by atoms with Gasteiger partial charge < -0.3 is 9.67 Å². The Balaban J connectivity index is 1.12. The number of aliphatic hydroxyl groups is 1. The van der Waals surface area contributed by atoms with Crippen molar-refractivity contribution in [1.29, 1.82) is 5.26 Å². The molecule has 1 saturated heterocycles. The molecule has 188 valence electrons. The SMILES string of the molecule is CCC1(C(O)CN2CCN(Cc3cncn3Cc3ccc(C#N)cc3)CC2)CC2CCCC(C2)C1. The zero-order valence-corrected chi connectivity index (χ0v) is 21.3. The van der Waals surface area contributed by atoms with Crippen molar-refractivity contribution in [2.24, 2.45) is 17.3 Å². The van der Waals surface area contributed by atoms with Gasteiger partial charge >= 0.3 is 0 Å². The van der Waals surface area contributed by atoms with Gasteiger partial charge in [-0.05, 0) is 60.6 Å². The molecule has 3 aliphatic rings. The van der Waals surface area contributed by atoms with Crippen LogP contribution in [0.1, 0.15) is 68.7 Å². The molecule has 3 fully saturated rings. The van der Waals surface area contributed by atoms with Crippen LogP contribution >= 0.6 is 0 Å². The molecule has 1 N–H and O–H groups in total. The summed E-state index contributed by atoms with van der Waals surface area (Å²) in [7, 11) is 0. The van der Waals surface area contributed by atoms with Crippen LogP contribution in [0.15, 0.2) is 36.8 Å². The predicted molar refractivity (Wildman–Crippen MR) is 138 cm³/mol. The summed E-state index contributed by atoms with van der Waals surface area (Å²) in [5.41, 5.74) is 3.24. The van der Waals surface area contributed by atoms with Crippen molar-refractivity contribution in [2.75, 3.05) is 32.7 Å². The lowest BCUT2D eigenvalue weighted by Crippen LogP contribution is -2.52. The van der Waals surface area contributed by atoms with E-state index in [0.717, 1.165) is 64.1 Å². The third-order valence-corrected chi connectivity index (χ3v) is 9.21. The van der Waals surface area contributed by atoms with E-state index in [4.69, 9.17) is 5.26 Å². The Labute approximate surface area is 210 Å². The Morgan fingerprint density at radius 3 is 2.40 bits per heavy atom. The van der Waals surface area contributed by atoms with Crippen molar-refractivity contribution in [2.45, 2.75) is 71.1 Å². The van der Waals surface area contributed by atoms with Crippen LogP contribution in [0.2, 0.25) is 0 Å². The van der Waals surface area contributed by atoms with E-state index in [0.29, 0.717) is 5.56 Å². The van der Waals surface area contributed by atoms with Crippen molar-refractivity contribution in [3.63, 3.8) is 0 Å². The topological polar surface area (TPSA) is 68.3 Å². The standard InChI is InChI=1S/C29H41N5O/c1-2-29(15-25-4-3-5-26(14-25)16-29)28(35)21-33-12-10-32(11-13-33)20-27-18-31-22-34(27)19-24-8-6-23(17-30)7-9-24/h6-9,18,22,25-26,28,35H,2-5,10-16,19-21H2,1H3. The van der Waals surface area contributed by atoms with E-state index in [1.165, 1.54) is 49.8 Å². The molecule has 0 radical (unpaired) electrons. The van der Waals surface area contributed by atoms with Gasteiger partial charge in [-0.15, -0.1) is 0 Å². The van der Waals surface area contributed by atoms with E-state index < -0.39 is 0 Å². The van der Waals surface area contributed by atoms with Gasteiger partial charge in [0.05, 0.1) is 29.8 Å². The van der Waals surface area contributed by atoms with Crippen molar-refractivity contribution in [3.8, 4) is 6.07 Å². The van der Waals surface area contributed by atoms with Crippen LogP contribution in [-0.4, -0.2) is 63.3 Å². The van der Waals surface area contributed by atoms with Crippen LogP contribution in [0.5, 0.6) is 0 Å². The monoisotopic (exact) mass is 475 g/mol. The smallest absolute Gasteiger partial charge is 0.0991 e. The molecule has 6 nitrogen and oxygen atoms in total. The fourth-order valence-corrected chi connectivity index (χ4v) is 7.10. The first-order valence-electron chi connectivity index (χ1n) is 13.7. The van der Waals surface area contributed by atoms with Crippen molar-refractivity contribution in [1.82, 2.24) is 19.4 Å². The number of aliphatic hydroxyl groups excluding tert-OH is 1. The molecular formula is C29H41N5O. The summed E-state index contributed by atoms with van der Waals surface area (Å²) in [5.74, 6) is 1.70. The van der Waals surface area contributed by atoms with Gasteiger partial charge in [-0.25, -0.2) is 4.98 Å². The molecule has 35 heavy (non-hydrogen) atoms. The highest BCUT2D eigenvalue weighted by Gasteiger charge is 2.45. The second-order valence-electron chi connectivity index (χ2n) is 11.4. The molecule has 3 unspecified atom stereocenters. The number of imidazole rings is 1. The number of benzene rings is 1. The predicted octanol–water partition coefficient (Wildman–Crippen LogP) is 4.28. The van der Waals surface area contributed by atoms with E-state index in [1.54, 1.807) is 0 Å². The number of piperazine rings is 1. The fourth-order valence-electron chi connectivity index (χ4n) is 7.10. The molecule has 0 spiro atoms. The van der Waals surface area contributed by atoms with Gasteiger partial charge in [-0.2, -0.15) is 5.26 Å². The minimum absolute atomic E-state index is 0.142. The summed E-state index contributed by atoms with van der Waals surface area (Å²) in [5, 5.41) is 20.4. The van der Waals surface area contributed by atoms with Gasteiger partial charge in [0.2, 0.25) is 0 Å². The lowest BCUT2D eigenvalue weighted by atomic mass is 9.58. The fraction of sp³-hybridized carbons (Fsp3) is 0.655. The summed E-state index contributed by atoms with van der Waals surface area (Å²) >= 11 is 0. The van der Waals surface area contributed by atoms with E-state index in [1.807, 2.05) is 36.8 Å². The maximum Gasteiger partial charge on any atom is 0.0991 e. The molecule has 5 rings (SSSR count). The molecule has 0 amide bonds. The van der Waals surface area contributed by atoms with Gasteiger partial charge in [0, 0.05) is 52.0 Å². The first-order chi connectivity index (χ1) is 17.1. The number of nitrogens with zero attached hydrogens (tertiary/aromatic N) is 5. The molecule has 6 heteroatoms. The Bertz CT molecular complexity index is 989. The van der Waals surface area contributed by atoms with Crippen molar-refractivity contribution < 1.29 is 5.11 Å². The minimum atomic E-state index is -0.198. The van der Waals surface area contributed by atoms with Crippen LogP contribution in [0.25, 0.3) is 0 Å². The number of hydrogen-bond donors (Lipinski definition) is 1. The molecule has 2 heterocycles. The third kappa shape index (κ3) is 5.63. The Kier molecular flexibility index (Phi) is 7.57. The molecule has 1 aromatic heterocycles. The zero-order chi connectivity index (χ0) is 24.3. The van der Waals surface area contributed by atoms with E-state index in [9.17, 15) is 5.11 Å². The number of rotatable bonds is 8. The second-order valence-corrected chi connectivity index (χ2v) is 11.4. The minimum Gasteiger partial charge on any atom is -0.391 e. The number of fused-ring (bicyclic) bond motifs is 2. The summed E-state index contributed by atoms with van der Waals surface area (Å²) in [4.78, 5) is 9.41. The van der Waals surface area contributed by atoms with Crippen LogP contribution in [0.3, 0.4) is 0 Å². The van der Waals surface area contributed by atoms with Crippen LogP contribution in [0.4, 0.5) is 0 Å². The molecule has 1 aliphatic heterocycles. The Hall–Kier alpha value is -2.20. The second kappa shape index (κ2) is 10.8. The number of β-amino-alcohol motifs (C(OH)–C–C–N with tert-alkyl or cyclic N) is 1. The maximum atomic E-state index is 11.4. The summed E-state index contributed by atoms with van der Waals surface area (Å²) in [6.07, 6.45) is 12.9. The molecule has 2 bridgehead atoms. The lowest BCUT2D eigenvalue weighted by molar-refractivity contribution is -0.0703. The van der Waals surface area contributed by atoms with Crippen molar-refractivity contribution >= 4 is 0 Å². The van der Waals surface area contributed by atoms with Gasteiger partial charge in [-0.1, -0.05) is 38.3 Å². The number of hydrogen-bond acceptors (Lipinski definition) is 5. The highest BCUT2D eigenvalue weighted by atomic mass is 16.3. The lowest BCUT2D eigenvalue weighted by Gasteiger charge is -2.50. The molecule has 2 aromatic rings. The van der Waals surface area contributed by atoms with Gasteiger partial charge in [0.15, 0.2) is 0 Å².